The Labute approximate surface area is 145 Å². The zero-order valence-corrected chi connectivity index (χ0v) is 15.6. The molecule has 3 nitrogen and oxygen atoms in total. The molecule has 21 heavy (non-hydrogen) atoms. The Morgan fingerprint density at radius 3 is 2.95 bits per heavy atom. The van der Waals surface area contributed by atoms with Gasteiger partial charge in [0, 0.05) is 22.5 Å². The number of rotatable bonds is 5. The van der Waals surface area contributed by atoms with Crippen molar-refractivity contribution in [2.75, 3.05) is 32.4 Å². The summed E-state index contributed by atoms with van der Waals surface area (Å²) >= 11 is 5.10. The predicted molar refractivity (Wildman–Crippen MR) is 95.5 cm³/mol. The molecule has 0 aromatic heterocycles. The van der Waals surface area contributed by atoms with E-state index in [9.17, 15) is 4.79 Å². The summed E-state index contributed by atoms with van der Waals surface area (Å²) in [6.07, 6.45) is 1.12. The summed E-state index contributed by atoms with van der Waals surface area (Å²) in [6, 6.07) is 6.19. The highest BCUT2D eigenvalue weighted by Gasteiger charge is 2.25. The highest BCUT2D eigenvalue weighted by atomic mass is 79.9. The molecule has 1 aromatic rings. The first-order valence-corrected chi connectivity index (χ1v) is 8.69. The third-order valence-electron chi connectivity index (χ3n) is 3.62. The van der Waals surface area contributed by atoms with Gasteiger partial charge in [0.1, 0.15) is 0 Å². The van der Waals surface area contributed by atoms with E-state index in [0.717, 1.165) is 30.5 Å². The monoisotopic (exact) mass is 392 g/mol. The van der Waals surface area contributed by atoms with E-state index in [0.29, 0.717) is 11.7 Å². The first-order valence-electron chi connectivity index (χ1n) is 6.91. The summed E-state index contributed by atoms with van der Waals surface area (Å²) in [6.45, 7) is 4.89. The predicted octanol–water partition coefficient (Wildman–Crippen LogP) is 3.34. The smallest absolute Gasteiger partial charge is 0.232 e. The molecule has 1 unspecified atom stereocenters. The van der Waals surface area contributed by atoms with Gasteiger partial charge in [-0.2, -0.15) is 0 Å². The molecule has 118 valence electrons. The van der Waals surface area contributed by atoms with Crippen LogP contribution in [0.4, 0.5) is 0 Å². The fourth-order valence-corrected chi connectivity index (χ4v) is 3.91. The highest BCUT2D eigenvalue weighted by Crippen LogP contribution is 2.26. The molecule has 6 heteroatoms. The summed E-state index contributed by atoms with van der Waals surface area (Å²) < 4.78 is 1.08. The van der Waals surface area contributed by atoms with Crippen LogP contribution in [0, 0.1) is 12.8 Å². The van der Waals surface area contributed by atoms with Crippen LogP contribution in [0.1, 0.15) is 12.0 Å². The lowest BCUT2D eigenvalue weighted by atomic mass is 10.1. The van der Waals surface area contributed by atoms with Crippen molar-refractivity contribution < 1.29 is 4.79 Å². The van der Waals surface area contributed by atoms with Crippen molar-refractivity contribution >= 4 is 46.0 Å². The van der Waals surface area contributed by atoms with E-state index < -0.39 is 0 Å². The number of halogens is 2. The third kappa shape index (κ3) is 5.47. The summed E-state index contributed by atoms with van der Waals surface area (Å²) in [7, 11) is 1.97. The zero-order chi connectivity index (χ0) is 14.5. The summed E-state index contributed by atoms with van der Waals surface area (Å²) in [5, 5.41) is 3.19. The maximum Gasteiger partial charge on any atom is 0.232 e. The number of thioether (sulfide) groups is 1. The van der Waals surface area contributed by atoms with Gasteiger partial charge in [-0.25, -0.2) is 0 Å². The molecule has 2 rings (SSSR count). The average molecular weight is 394 g/mol. The molecule has 0 saturated carbocycles. The number of nitrogens with one attached hydrogen (secondary N) is 1. The van der Waals surface area contributed by atoms with Crippen molar-refractivity contribution in [3.8, 4) is 0 Å². The Morgan fingerprint density at radius 1 is 1.52 bits per heavy atom. The van der Waals surface area contributed by atoms with Crippen LogP contribution in [0.2, 0.25) is 0 Å². The maximum absolute atomic E-state index is 12.2. The Kier molecular flexibility index (Phi) is 8.09. The Hall–Kier alpha value is -0.230. The number of hydrogen-bond donors (Lipinski definition) is 1. The second-order valence-corrected chi connectivity index (χ2v) is 7.18. The molecule has 1 fully saturated rings. The van der Waals surface area contributed by atoms with E-state index >= 15 is 0 Å². The Bertz CT molecular complexity index is 487. The van der Waals surface area contributed by atoms with Gasteiger partial charge in [0.15, 0.2) is 0 Å². The van der Waals surface area contributed by atoms with Crippen molar-refractivity contribution in [1.29, 1.82) is 0 Å². The van der Waals surface area contributed by atoms with E-state index in [4.69, 9.17) is 0 Å². The molecule has 1 atom stereocenters. The molecular formula is C15H22BrClN2OS. The summed E-state index contributed by atoms with van der Waals surface area (Å²) in [5.74, 6) is 1.41. The van der Waals surface area contributed by atoms with Gasteiger partial charge in [0.05, 0.1) is 5.75 Å². The van der Waals surface area contributed by atoms with Crippen LogP contribution in [-0.2, 0) is 4.79 Å². The minimum absolute atomic E-state index is 0. The molecule has 1 amide bonds. The number of hydrogen-bond acceptors (Lipinski definition) is 3. The van der Waals surface area contributed by atoms with Crippen molar-refractivity contribution in [3.05, 3.63) is 28.2 Å². The lowest BCUT2D eigenvalue weighted by Gasteiger charge is -2.16. The normalized spacial score (nSPS) is 17.7. The molecule has 1 aromatic carbocycles. The SMILES string of the molecule is CNCC1CCN(C(=O)CSc2ccc(Br)cc2C)C1.Cl. The summed E-state index contributed by atoms with van der Waals surface area (Å²) in [4.78, 5) is 15.4. The van der Waals surface area contributed by atoms with Gasteiger partial charge in [-0.1, -0.05) is 15.9 Å². The molecule has 1 saturated heterocycles. The standard InChI is InChI=1S/C15H21BrN2OS.ClH/c1-11-7-13(16)3-4-14(11)20-10-15(19)18-6-5-12(9-18)8-17-2;/h3-4,7,12,17H,5-6,8-10H2,1-2H3;1H. The minimum Gasteiger partial charge on any atom is -0.342 e. The Morgan fingerprint density at radius 2 is 2.29 bits per heavy atom. The van der Waals surface area contributed by atoms with Crippen LogP contribution < -0.4 is 5.32 Å². The van der Waals surface area contributed by atoms with Crippen molar-refractivity contribution in [2.24, 2.45) is 5.92 Å². The van der Waals surface area contributed by atoms with Crippen molar-refractivity contribution in [2.45, 2.75) is 18.2 Å². The topological polar surface area (TPSA) is 32.3 Å². The van der Waals surface area contributed by atoms with E-state index in [1.54, 1.807) is 11.8 Å². The summed E-state index contributed by atoms with van der Waals surface area (Å²) in [5.41, 5.74) is 1.21. The Balaban J connectivity index is 0.00000220. The molecule has 0 spiro atoms. The quantitative estimate of drug-likeness (QED) is 0.779. The fourth-order valence-electron chi connectivity index (χ4n) is 2.52. The number of amides is 1. The first-order chi connectivity index (χ1) is 9.60. The third-order valence-corrected chi connectivity index (χ3v) is 5.27. The highest BCUT2D eigenvalue weighted by molar-refractivity contribution is 9.10. The second kappa shape index (κ2) is 9.03. The number of nitrogens with zero attached hydrogens (tertiary/aromatic N) is 1. The van der Waals surface area contributed by atoms with Crippen LogP contribution >= 0.6 is 40.1 Å². The molecule has 1 aliphatic heterocycles. The van der Waals surface area contributed by atoms with Crippen LogP contribution in [0.5, 0.6) is 0 Å². The number of carbonyl (C=O) groups is 1. The molecule has 1 N–H and O–H groups in total. The van der Waals surface area contributed by atoms with Gasteiger partial charge in [0.2, 0.25) is 5.91 Å². The molecule has 1 aliphatic rings. The van der Waals surface area contributed by atoms with E-state index in [1.165, 1.54) is 10.5 Å². The second-order valence-electron chi connectivity index (χ2n) is 5.25. The zero-order valence-electron chi connectivity index (χ0n) is 12.4. The van der Waals surface area contributed by atoms with E-state index in [-0.39, 0.29) is 18.3 Å². The molecule has 0 aliphatic carbocycles. The lowest BCUT2D eigenvalue weighted by molar-refractivity contribution is -0.127. The maximum atomic E-state index is 12.2. The van der Waals surface area contributed by atoms with E-state index in [2.05, 4.69) is 40.3 Å². The molecule has 1 heterocycles. The van der Waals surface area contributed by atoms with Crippen molar-refractivity contribution in [1.82, 2.24) is 10.2 Å². The minimum atomic E-state index is 0. The van der Waals surface area contributed by atoms with Gasteiger partial charge in [-0.05, 0) is 56.6 Å². The largest absolute Gasteiger partial charge is 0.342 e. The number of benzene rings is 1. The van der Waals surface area contributed by atoms with Gasteiger partial charge in [-0.3, -0.25) is 4.79 Å². The molecule has 0 radical (unpaired) electrons. The molecular weight excluding hydrogens is 372 g/mol. The van der Waals surface area contributed by atoms with Gasteiger partial charge >= 0.3 is 0 Å². The van der Waals surface area contributed by atoms with Gasteiger partial charge in [0.25, 0.3) is 0 Å². The molecule has 0 bridgehead atoms. The van der Waals surface area contributed by atoms with Crippen molar-refractivity contribution in [3.63, 3.8) is 0 Å². The van der Waals surface area contributed by atoms with Crippen LogP contribution in [0.25, 0.3) is 0 Å². The van der Waals surface area contributed by atoms with Crippen LogP contribution in [0.3, 0.4) is 0 Å². The van der Waals surface area contributed by atoms with Crippen LogP contribution in [-0.4, -0.2) is 43.2 Å². The van der Waals surface area contributed by atoms with Crippen LogP contribution in [0.15, 0.2) is 27.6 Å². The van der Waals surface area contributed by atoms with Gasteiger partial charge in [-0.15, -0.1) is 24.2 Å². The number of carbonyl (C=O) groups excluding carboxylic acids is 1. The average Bonchev–Trinajstić information content (AvgIpc) is 2.86. The van der Waals surface area contributed by atoms with E-state index in [1.807, 2.05) is 18.0 Å². The first kappa shape index (κ1) is 18.8. The number of aryl methyl sites for hydroxylation is 1. The lowest BCUT2D eigenvalue weighted by Crippen LogP contribution is -2.31. The van der Waals surface area contributed by atoms with Gasteiger partial charge < -0.3 is 10.2 Å². The fraction of sp³-hybridized carbons (Fsp3) is 0.533. The number of likely N-dealkylation sites (tertiary alicyclic amines) is 1.